The predicted octanol–water partition coefficient (Wildman–Crippen LogP) is 3.01. The van der Waals surface area contributed by atoms with Crippen LogP contribution in [0.15, 0.2) is 0 Å². The van der Waals surface area contributed by atoms with E-state index in [2.05, 4.69) is 34.6 Å². The van der Waals surface area contributed by atoms with Gasteiger partial charge >= 0.3 is 0 Å². The minimum atomic E-state index is -0.0475. The van der Waals surface area contributed by atoms with Crippen LogP contribution in [-0.2, 0) is 9.47 Å². The molecule has 0 amide bonds. The molecule has 0 saturated carbocycles. The molecular weight excluding hydrogens is 164 g/mol. The quantitative estimate of drug-likeness (QED) is 0.660. The molecule has 0 radical (unpaired) electrons. The SMILES string of the molecule is CCC(CC(C)OC)OC(C)(C)C. The zero-order valence-electron chi connectivity index (χ0n) is 9.89. The van der Waals surface area contributed by atoms with Gasteiger partial charge in [-0.2, -0.15) is 0 Å². The van der Waals surface area contributed by atoms with Gasteiger partial charge in [0.05, 0.1) is 17.8 Å². The van der Waals surface area contributed by atoms with Gasteiger partial charge in [0.15, 0.2) is 0 Å². The largest absolute Gasteiger partial charge is 0.382 e. The Morgan fingerprint density at radius 2 is 1.77 bits per heavy atom. The lowest BCUT2D eigenvalue weighted by atomic mass is 10.1. The van der Waals surface area contributed by atoms with E-state index in [9.17, 15) is 0 Å². The van der Waals surface area contributed by atoms with Gasteiger partial charge in [0.25, 0.3) is 0 Å². The molecule has 0 aliphatic rings. The Kier molecular flexibility index (Phi) is 5.57. The van der Waals surface area contributed by atoms with Crippen LogP contribution in [0.3, 0.4) is 0 Å². The van der Waals surface area contributed by atoms with E-state index in [-0.39, 0.29) is 11.7 Å². The summed E-state index contributed by atoms with van der Waals surface area (Å²) in [6.07, 6.45) is 2.62. The zero-order chi connectivity index (χ0) is 10.5. The number of hydrogen-bond donors (Lipinski definition) is 0. The Morgan fingerprint density at radius 1 is 1.23 bits per heavy atom. The van der Waals surface area contributed by atoms with Crippen molar-refractivity contribution in [3.8, 4) is 0 Å². The molecule has 0 N–H and O–H groups in total. The molecule has 0 aromatic heterocycles. The van der Waals surface area contributed by atoms with Crippen molar-refractivity contribution in [1.29, 1.82) is 0 Å². The lowest BCUT2D eigenvalue weighted by Gasteiger charge is -2.28. The Morgan fingerprint density at radius 3 is 2.08 bits per heavy atom. The first-order valence-corrected chi connectivity index (χ1v) is 5.09. The van der Waals surface area contributed by atoms with Crippen LogP contribution in [0.25, 0.3) is 0 Å². The van der Waals surface area contributed by atoms with Crippen LogP contribution in [0.5, 0.6) is 0 Å². The molecule has 0 aromatic carbocycles. The summed E-state index contributed by atoms with van der Waals surface area (Å²) >= 11 is 0. The Balaban J connectivity index is 3.89. The second-order valence-corrected chi connectivity index (χ2v) is 4.54. The molecule has 0 rings (SSSR count). The fraction of sp³-hybridized carbons (Fsp3) is 1.00. The van der Waals surface area contributed by atoms with Gasteiger partial charge in [0.2, 0.25) is 0 Å². The van der Waals surface area contributed by atoms with Crippen molar-refractivity contribution >= 4 is 0 Å². The van der Waals surface area contributed by atoms with Crippen molar-refractivity contribution in [1.82, 2.24) is 0 Å². The number of ether oxygens (including phenoxy) is 2. The molecular formula is C11H24O2. The molecule has 0 aliphatic carbocycles. The average molecular weight is 188 g/mol. The van der Waals surface area contributed by atoms with Gasteiger partial charge in [-0.25, -0.2) is 0 Å². The van der Waals surface area contributed by atoms with E-state index < -0.39 is 0 Å². The van der Waals surface area contributed by atoms with Crippen LogP contribution >= 0.6 is 0 Å². The zero-order valence-corrected chi connectivity index (χ0v) is 9.89. The van der Waals surface area contributed by atoms with E-state index >= 15 is 0 Å². The molecule has 80 valence electrons. The molecule has 0 saturated heterocycles. The number of rotatable bonds is 5. The van der Waals surface area contributed by atoms with Gasteiger partial charge in [0.1, 0.15) is 0 Å². The third-order valence-electron chi connectivity index (χ3n) is 1.97. The standard InChI is InChI=1S/C11H24O2/c1-7-10(8-9(2)12-6)13-11(3,4)5/h9-10H,7-8H2,1-6H3. The summed E-state index contributed by atoms with van der Waals surface area (Å²) in [4.78, 5) is 0. The first kappa shape index (κ1) is 12.9. The lowest BCUT2D eigenvalue weighted by Crippen LogP contribution is -2.29. The van der Waals surface area contributed by atoms with Crippen molar-refractivity contribution in [2.75, 3.05) is 7.11 Å². The number of methoxy groups -OCH3 is 1. The van der Waals surface area contributed by atoms with E-state index in [1.54, 1.807) is 7.11 Å². The maximum Gasteiger partial charge on any atom is 0.0604 e. The molecule has 0 aliphatic heterocycles. The third kappa shape index (κ3) is 7.03. The molecule has 2 unspecified atom stereocenters. The van der Waals surface area contributed by atoms with Crippen molar-refractivity contribution in [3.05, 3.63) is 0 Å². The molecule has 0 spiro atoms. The summed E-state index contributed by atoms with van der Waals surface area (Å²) in [5.41, 5.74) is -0.0475. The number of hydrogen-bond acceptors (Lipinski definition) is 2. The van der Waals surface area contributed by atoms with Gasteiger partial charge in [0, 0.05) is 7.11 Å². The van der Waals surface area contributed by atoms with Gasteiger partial charge < -0.3 is 9.47 Å². The minimum absolute atomic E-state index is 0.0475. The van der Waals surface area contributed by atoms with Crippen molar-refractivity contribution in [3.63, 3.8) is 0 Å². The van der Waals surface area contributed by atoms with Crippen LogP contribution in [-0.4, -0.2) is 24.9 Å². The summed E-state index contributed by atoms with van der Waals surface area (Å²) in [6, 6.07) is 0. The molecule has 2 nitrogen and oxygen atoms in total. The normalized spacial score (nSPS) is 17.1. The van der Waals surface area contributed by atoms with E-state index in [1.165, 1.54) is 0 Å². The van der Waals surface area contributed by atoms with Crippen molar-refractivity contribution in [2.24, 2.45) is 0 Å². The Labute approximate surface area is 82.6 Å². The Bertz CT molecular complexity index is 127. The highest BCUT2D eigenvalue weighted by atomic mass is 16.5. The van der Waals surface area contributed by atoms with Crippen LogP contribution in [0.1, 0.15) is 47.5 Å². The van der Waals surface area contributed by atoms with Crippen LogP contribution in [0, 0.1) is 0 Å². The molecule has 0 fully saturated rings. The molecule has 0 aromatic rings. The van der Waals surface area contributed by atoms with E-state index in [0.717, 1.165) is 12.8 Å². The first-order valence-electron chi connectivity index (χ1n) is 5.09. The second-order valence-electron chi connectivity index (χ2n) is 4.54. The van der Waals surface area contributed by atoms with Crippen LogP contribution in [0.2, 0.25) is 0 Å². The Hall–Kier alpha value is -0.0800. The van der Waals surface area contributed by atoms with Gasteiger partial charge in [-0.1, -0.05) is 6.92 Å². The van der Waals surface area contributed by atoms with Crippen LogP contribution in [0.4, 0.5) is 0 Å². The lowest BCUT2D eigenvalue weighted by molar-refractivity contribution is -0.0796. The summed E-state index contributed by atoms with van der Waals surface area (Å²) in [5, 5.41) is 0. The molecule has 13 heavy (non-hydrogen) atoms. The van der Waals surface area contributed by atoms with E-state index in [0.29, 0.717) is 6.10 Å². The fourth-order valence-electron chi connectivity index (χ4n) is 1.26. The van der Waals surface area contributed by atoms with Gasteiger partial charge in [-0.3, -0.25) is 0 Å². The molecule has 0 bridgehead atoms. The van der Waals surface area contributed by atoms with E-state index in [1.807, 2.05) is 0 Å². The monoisotopic (exact) mass is 188 g/mol. The second kappa shape index (κ2) is 5.61. The highest BCUT2D eigenvalue weighted by molar-refractivity contribution is 4.67. The summed E-state index contributed by atoms with van der Waals surface area (Å²) < 4.78 is 11.1. The molecule has 2 atom stereocenters. The summed E-state index contributed by atoms with van der Waals surface area (Å²) in [5.74, 6) is 0. The first-order chi connectivity index (χ1) is 5.89. The van der Waals surface area contributed by atoms with Crippen molar-refractivity contribution < 1.29 is 9.47 Å². The maximum absolute atomic E-state index is 5.88. The highest BCUT2D eigenvalue weighted by Crippen LogP contribution is 2.17. The minimum Gasteiger partial charge on any atom is -0.382 e. The fourth-order valence-corrected chi connectivity index (χ4v) is 1.26. The highest BCUT2D eigenvalue weighted by Gasteiger charge is 2.19. The average Bonchev–Trinajstić information content (AvgIpc) is 2.00. The topological polar surface area (TPSA) is 18.5 Å². The van der Waals surface area contributed by atoms with Crippen molar-refractivity contribution in [2.45, 2.75) is 65.3 Å². The molecule has 0 heterocycles. The summed E-state index contributed by atoms with van der Waals surface area (Å²) in [7, 11) is 1.74. The van der Waals surface area contributed by atoms with Crippen LogP contribution < -0.4 is 0 Å². The predicted molar refractivity (Wildman–Crippen MR) is 56.0 cm³/mol. The van der Waals surface area contributed by atoms with Gasteiger partial charge in [-0.15, -0.1) is 0 Å². The summed E-state index contributed by atoms with van der Waals surface area (Å²) in [6.45, 7) is 10.5. The molecule has 2 heteroatoms. The third-order valence-corrected chi connectivity index (χ3v) is 1.97. The van der Waals surface area contributed by atoms with Gasteiger partial charge in [-0.05, 0) is 40.5 Å². The smallest absolute Gasteiger partial charge is 0.0604 e. The van der Waals surface area contributed by atoms with E-state index in [4.69, 9.17) is 9.47 Å². The maximum atomic E-state index is 5.88.